The van der Waals surface area contributed by atoms with E-state index in [1.54, 1.807) is 0 Å². The molecule has 0 amide bonds. The maximum atomic E-state index is 9.12. The fraction of sp³-hybridized carbons (Fsp3) is 0. The van der Waals surface area contributed by atoms with Gasteiger partial charge in [-0.15, -0.1) is 0 Å². The topological polar surface area (TPSA) is 63.2 Å². The molecule has 0 aromatic carbocycles. The van der Waals surface area contributed by atoms with Gasteiger partial charge in [0.1, 0.15) is 0 Å². The molecule has 0 aliphatic rings. The first-order chi connectivity index (χ1) is 2.00. The molecule has 0 spiro atoms. The van der Waals surface area contributed by atoms with Crippen molar-refractivity contribution in [1.29, 1.82) is 0 Å². The Labute approximate surface area is 117 Å². The van der Waals surface area contributed by atoms with E-state index in [0.717, 1.165) is 0 Å². The summed E-state index contributed by atoms with van der Waals surface area (Å²) in [6.07, 6.45) is 0. The van der Waals surface area contributed by atoms with Crippen molar-refractivity contribution in [2.75, 3.05) is 0 Å². The fourth-order valence-corrected chi connectivity index (χ4v) is 0. The minimum absolute atomic E-state index is 0. The van der Waals surface area contributed by atoms with E-state index < -0.39 is 7.14 Å². The van der Waals surface area contributed by atoms with Gasteiger partial charge in [-0.2, -0.15) is 0 Å². The Morgan fingerprint density at radius 1 is 1.43 bits per heavy atom. The molecule has 0 heterocycles. The molecule has 0 rings (SSSR count). The average molecular weight is 188 g/mol. The van der Waals surface area contributed by atoms with Gasteiger partial charge in [0.15, 0.2) is 0 Å². The van der Waals surface area contributed by atoms with Crippen molar-refractivity contribution in [2.45, 2.75) is 0 Å². The molecule has 0 saturated carbocycles. The summed E-state index contributed by atoms with van der Waals surface area (Å²) in [5.41, 5.74) is 0. The molecule has 0 N–H and O–H groups in total. The summed E-state index contributed by atoms with van der Waals surface area (Å²) >= 11 is 0. The van der Waals surface area contributed by atoms with E-state index in [4.69, 9.17) is 14.4 Å². The predicted octanol–water partition coefficient (Wildman–Crippen LogP) is -5.93. The molecular formula is H2CaKO3PSi. The number of hydrogen-bond acceptors (Lipinski definition) is 3. The van der Waals surface area contributed by atoms with E-state index in [1.807, 2.05) is 0 Å². The van der Waals surface area contributed by atoms with Crippen LogP contribution in [0.15, 0.2) is 0 Å². The van der Waals surface area contributed by atoms with Crippen LogP contribution >= 0.6 is 7.14 Å². The quantitative estimate of drug-likeness (QED) is 0.281. The first-order valence-corrected chi connectivity index (χ1v) is 4.49. The van der Waals surface area contributed by atoms with Crippen LogP contribution in [0.1, 0.15) is 0 Å². The Balaban J connectivity index is -0.0000000800. The van der Waals surface area contributed by atoms with Crippen LogP contribution in [-0.4, -0.2) is 47.6 Å². The maximum Gasteiger partial charge on any atom is 2.00 e. The second-order valence-electron chi connectivity index (χ2n) is 0.611. The third-order valence-electron chi connectivity index (χ3n) is 0. The smallest absolute Gasteiger partial charge is 0.838 e. The van der Waals surface area contributed by atoms with Crippen molar-refractivity contribution < 1.29 is 65.7 Å². The van der Waals surface area contributed by atoms with Gasteiger partial charge in [0.2, 0.25) is 0 Å². The minimum Gasteiger partial charge on any atom is -0.838 e. The van der Waals surface area contributed by atoms with Gasteiger partial charge in [0, 0.05) is 0 Å². The van der Waals surface area contributed by atoms with Crippen molar-refractivity contribution >= 4 is 54.8 Å². The average Bonchev–Trinajstić information content (AvgIpc) is 0.722. The van der Waals surface area contributed by atoms with Crippen LogP contribution in [0.5, 0.6) is 0 Å². The minimum atomic E-state index is -4.11. The van der Waals surface area contributed by atoms with Crippen molar-refractivity contribution in [3.63, 3.8) is 0 Å². The summed E-state index contributed by atoms with van der Waals surface area (Å²) in [6.45, 7) is 0. The summed E-state index contributed by atoms with van der Waals surface area (Å²) in [5, 5.41) is 0. The van der Waals surface area contributed by atoms with Gasteiger partial charge < -0.3 is 14.4 Å². The predicted molar refractivity (Wildman–Crippen MR) is 21.9 cm³/mol. The Bertz CT molecular complexity index is 61.1. The number of hydrogen-bond donors (Lipinski definition) is 0. The SMILES string of the molecule is O=P([O-])([O-])[SiH2-].[Ca+2].[K+]. The second kappa shape index (κ2) is 7.37. The largest absolute Gasteiger partial charge is 2.00 e. The summed E-state index contributed by atoms with van der Waals surface area (Å²) < 4.78 is 9.12. The van der Waals surface area contributed by atoms with Gasteiger partial charge in [-0.05, 0) is 0 Å². The molecule has 0 fully saturated rings. The van der Waals surface area contributed by atoms with Crippen LogP contribution in [0.2, 0.25) is 0 Å². The second-order valence-corrected chi connectivity index (χ2v) is 4.16. The summed E-state index contributed by atoms with van der Waals surface area (Å²) in [5.74, 6) is 0. The molecule has 0 atom stereocenters. The van der Waals surface area contributed by atoms with E-state index in [2.05, 4.69) is 0 Å². The van der Waals surface area contributed by atoms with Crippen LogP contribution in [0.3, 0.4) is 0 Å². The zero-order valence-electron chi connectivity index (χ0n) is 4.09. The first-order valence-electron chi connectivity index (χ1n) is 0.864. The van der Waals surface area contributed by atoms with Gasteiger partial charge in [-0.3, -0.25) is 9.91 Å². The zero-order valence-corrected chi connectivity index (χ0v) is 11.7. The van der Waals surface area contributed by atoms with Gasteiger partial charge >= 0.3 is 89.1 Å². The van der Waals surface area contributed by atoms with Gasteiger partial charge in [-0.1, -0.05) is 0 Å². The summed E-state index contributed by atoms with van der Waals surface area (Å²) in [7, 11) is -3.66. The van der Waals surface area contributed by atoms with E-state index in [0.29, 0.717) is 9.91 Å². The molecule has 7 heavy (non-hydrogen) atoms. The van der Waals surface area contributed by atoms with Gasteiger partial charge in [-0.25, -0.2) is 7.14 Å². The Morgan fingerprint density at radius 3 is 1.43 bits per heavy atom. The van der Waals surface area contributed by atoms with Crippen LogP contribution < -0.4 is 61.2 Å². The van der Waals surface area contributed by atoms with Gasteiger partial charge in [0.05, 0.1) is 0 Å². The molecule has 0 aliphatic carbocycles. The molecule has 32 valence electrons. The normalized spacial score (nSPS) is 8.43. The molecule has 0 aliphatic heterocycles. The maximum absolute atomic E-state index is 9.12. The third kappa shape index (κ3) is 45.9. The van der Waals surface area contributed by atoms with Gasteiger partial charge in [0.25, 0.3) is 0 Å². The van der Waals surface area contributed by atoms with E-state index in [9.17, 15) is 0 Å². The Morgan fingerprint density at radius 2 is 1.43 bits per heavy atom. The summed E-state index contributed by atoms with van der Waals surface area (Å²) in [4.78, 5) is 18.2. The van der Waals surface area contributed by atoms with Crippen LogP contribution in [0, 0.1) is 0 Å². The molecule has 3 nitrogen and oxygen atoms in total. The molecule has 0 bridgehead atoms. The zero-order chi connectivity index (χ0) is 4.50. The molecule has 0 aromatic heterocycles. The molecule has 0 unspecified atom stereocenters. The molecule has 0 radical (unpaired) electrons. The van der Waals surface area contributed by atoms with Crippen molar-refractivity contribution in [2.24, 2.45) is 0 Å². The Hall–Kier alpha value is 3.26. The molecule has 7 heteroatoms. The summed E-state index contributed by atoms with van der Waals surface area (Å²) in [6, 6.07) is 0. The molecular weight excluding hydrogens is 186 g/mol. The van der Waals surface area contributed by atoms with E-state index in [1.165, 1.54) is 0 Å². The van der Waals surface area contributed by atoms with E-state index in [-0.39, 0.29) is 89.1 Å². The molecule has 0 saturated heterocycles. The number of rotatable bonds is 0. The van der Waals surface area contributed by atoms with Crippen molar-refractivity contribution in [3.05, 3.63) is 0 Å². The monoisotopic (exact) mass is 188 g/mol. The van der Waals surface area contributed by atoms with Crippen LogP contribution in [0.25, 0.3) is 0 Å². The van der Waals surface area contributed by atoms with Crippen LogP contribution in [0.4, 0.5) is 0 Å². The fourth-order valence-electron chi connectivity index (χ4n) is 0. The standard InChI is InChI=1S/Ca.K.H4O3PSi/c;;1-4(2,3)5/h;;5H2,(H2,1,2,3)/q+2;+1;-1/p-2. The Kier molecular flexibility index (Phi) is 17.6. The molecule has 0 aromatic rings. The van der Waals surface area contributed by atoms with Crippen molar-refractivity contribution in [3.8, 4) is 0 Å². The third-order valence-corrected chi connectivity index (χ3v) is 0. The first kappa shape index (κ1) is 16.7. The van der Waals surface area contributed by atoms with E-state index >= 15 is 0 Å². The van der Waals surface area contributed by atoms with Crippen molar-refractivity contribution in [1.82, 2.24) is 0 Å². The van der Waals surface area contributed by atoms with Crippen LogP contribution in [-0.2, 0) is 4.57 Å².